The topological polar surface area (TPSA) is 120 Å². The zero-order valence-corrected chi connectivity index (χ0v) is 17.5. The third-order valence-electron chi connectivity index (χ3n) is 5.65. The molecular formula is C20H17N7O3S. The molecule has 11 heteroatoms. The highest BCUT2D eigenvalue weighted by molar-refractivity contribution is 7.10. The molecule has 2 aliphatic rings. The summed E-state index contributed by atoms with van der Waals surface area (Å²) in [5.41, 5.74) is 1.19. The summed E-state index contributed by atoms with van der Waals surface area (Å²) < 4.78 is 8.90. The van der Waals surface area contributed by atoms with Crippen LogP contribution in [0.4, 0.5) is 0 Å². The predicted octanol–water partition coefficient (Wildman–Crippen LogP) is 2.23. The van der Waals surface area contributed by atoms with E-state index in [9.17, 15) is 9.59 Å². The number of aromatic nitrogens is 7. The molecule has 4 aromatic rings. The van der Waals surface area contributed by atoms with Gasteiger partial charge in [0.2, 0.25) is 5.88 Å². The number of nitrogens with zero attached hydrogens (tertiary/aromatic N) is 6. The Labute approximate surface area is 179 Å². The van der Waals surface area contributed by atoms with Crippen molar-refractivity contribution in [1.29, 1.82) is 0 Å². The van der Waals surface area contributed by atoms with Crippen LogP contribution in [0.1, 0.15) is 43.0 Å². The van der Waals surface area contributed by atoms with Crippen LogP contribution in [0.5, 0.6) is 5.88 Å². The number of thiophene rings is 1. The van der Waals surface area contributed by atoms with E-state index in [1.807, 2.05) is 17.5 Å². The van der Waals surface area contributed by atoms with Crippen LogP contribution < -0.4 is 10.4 Å². The van der Waals surface area contributed by atoms with Crippen molar-refractivity contribution in [3.8, 4) is 11.8 Å². The summed E-state index contributed by atoms with van der Waals surface area (Å²) >= 11 is 1.57. The number of H-pyrrole nitrogens is 1. The van der Waals surface area contributed by atoms with Crippen LogP contribution in [0.2, 0.25) is 0 Å². The highest BCUT2D eigenvalue weighted by Crippen LogP contribution is 2.51. The molecule has 0 saturated heterocycles. The molecule has 1 aliphatic carbocycles. The SMILES string of the molecule is CC1(C)CC(=O)C2=C(C1)Oc1ncn3nc(-n4cn[nH]c4=O)nc3c1C2c1cccs1. The standard InChI is InChI=1S/C20H17N7O3S/c1-20(2)6-10(28)13-11(7-20)30-17-15(14(13)12-4-3-5-31-12)16-23-18(25-27(16)8-21-17)26-9-22-24-19(26)29/h3-5,8-9,14H,6-7H2,1-2H3,(H,24,29). The smallest absolute Gasteiger partial charge is 0.350 e. The summed E-state index contributed by atoms with van der Waals surface area (Å²) in [5.74, 6) is 0.970. The van der Waals surface area contributed by atoms with E-state index >= 15 is 0 Å². The summed E-state index contributed by atoms with van der Waals surface area (Å²) in [7, 11) is 0. The Morgan fingerprint density at radius 2 is 2.13 bits per heavy atom. The van der Waals surface area contributed by atoms with Gasteiger partial charge in [-0.05, 0) is 16.9 Å². The largest absolute Gasteiger partial charge is 0.442 e. The van der Waals surface area contributed by atoms with E-state index in [2.05, 4.69) is 39.1 Å². The number of fused-ring (bicyclic) bond motifs is 3. The molecule has 0 amide bonds. The predicted molar refractivity (Wildman–Crippen MR) is 110 cm³/mol. The molecule has 0 bridgehead atoms. The van der Waals surface area contributed by atoms with Crippen LogP contribution in [-0.2, 0) is 4.79 Å². The first-order valence-corrected chi connectivity index (χ1v) is 10.6. The number of carbonyl (C=O) groups excluding carboxylic acids is 1. The van der Waals surface area contributed by atoms with Crippen molar-refractivity contribution in [2.24, 2.45) is 5.41 Å². The first-order valence-electron chi connectivity index (χ1n) is 9.76. The van der Waals surface area contributed by atoms with Gasteiger partial charge >= 0.3 is 5.69 Å². The zero-order chi connectivity index (χ0) is 21.3. The van der Waals surface area contributed by atoms with Gasteiger partial charge in [0.05, 0.1) is 11.5 Å². The number of hydrogen-bond acceptors (Lipinski definition) is 8. The molecule has 4 aromatic heterocycles. The van der Waals surface area contributed by atoms with E-state index in [-0.39, 0.29) is 23.1 Å². The second-order valence-corrected chi connectivity index (χ2v) is 9.48. The van der Waals surface area contributed by atoms with Gasteiger partial charge in [-0.2, -0.15) is 14.6 Å². The lowest BCUT2D eigenvalue weighted by molar-refractivity contribution is -0.118. The summed E-state index contributed by atoms with van der Waals surface area (Å²) in [4.78, 5) is 35.3. The lowest BCUT2D eigenvalue weighted by Gasteiger charge is -2.37. The van der Waals surface area contributed by atoms with Crippen molar-refractivity contribution in [2.75, 3.05) is 0 Å². The van der Waals surface area contributed by atoms with Crippen LogP contribution in [0.3, 0.4) is 0 Å². The number of ketones is 1. The van der Waals surface area contributed by atoms with Gasteiger partial charge < -0.3 is 4.74 Å². The van der Waals surface area contributed by atoms with Crippen molar-refractivity contribution in [3.05, 3.63) is 62.4 Å². The third-order valence-corrected chi connectivity index (χ3v) is 6.58. The maximum atomic E-state index is 13.3. The second-order valence-electron chi connectivity index (χ2n) is 8.50. The average molecular weight is 435 g/mol. The minimum atomic E-state index is -0.446. The molecule has 0 fully saturated rings. The maximum Gasteiger partial charge on any atom is 0.350 e. The molecule has 6 rings (SSSR count). The van der Waals surface area contributed by atoms with Crippen molar-refractivity contribution < 1.29 is 9.53 Å². The number of nitrogens with one attached hydrogen (secondary N) is 1. The summed E-state index contributed by atoms with van der Waals surface area (Å²) in [6.45, 7) is 4.13. The van der Waals surface area contributed by atoms with E-state index in [0.29, 0.717) is 41.3 Å². The Hall–Kier alpha value is -3.60. The number of allylic oxidation sites excluding steroid dienone is 2. The normalized spacial score (nSPS) is 19.9. The molecule has 5 heterocycles. The number of rotatable bonds is 2. The van der Waals surface area contributed by atoms with Crippen LogP contribution >= 0.6 is 11.3 Å². The fourth-order valence-corrected chi connectivity index (χ4v) is 5.21. The fraction of sp³-hybridized carbons (Fsp3) is 0.300. The second kappa shape index (κ2) is 6.20. The van der Waals surface area contributed by atoms with Gasteiger partial charge in [-0.1, -0.05) is 19.9 Å². The Morgan fingerprint density at radius 3 is 2.87 bits per heavy atom. The van der Waals surface area contributed by atoms with Crippen molar-refractivity contribution in [3.63, 3.8) is 0 Å². The average Bonchev–Trinajstić information content (AvgIpc) is 3.45. The summed E-state index contributed by atoms with van der Waals surface area (Å²) in [6, 6.07) is 3.96. The molecule has 0 saturated carbocycles. The Morgan fingerprint density at radius 1 is 1.26 bits per heavy atom. The quantitative estimate of drug-likeness (QED) is 0.513. The van der Waals surface area contributed by atoms with Gasteiger partial charge in [0.1, 0.15) is 18.4 Å². The van der Waals surface area contributed by atoms with E-state index in [4.69, 9.17) is 4.74 Å². The van der Waals surface area contributed by atoms with Crippen LogP contribution in [0.25, 0.3) is 11.6 Å². The lowest BCUT2D eigenvalue weighted by atomic mass is 9.71. The maximum absolute atomic E-state index is 13.3. The van der Waals surface area contributed by atoms with Crippen molar-refractivity contribution in [2.45, 2.75) is 32.6 Å². The molecule has 156 valence electrons. The number of ether oxygens (including phenoxy) is 1. The molecule has 0 radical (unpaired) electrons. The fourth-order valence-electron chi connectivity index (χ4n) is 4.37. The Bertz CT molecular complexity index is 1440. The van der Waals surface area contributed by atoms with Gasteiger partial charge in [-0.15, -0.1) is 16.4 Å². The molecule has 1 unspecified atom stereocenters. The minimum Gasteiger partial charge on any atom is -0.442 e. The Kier molecular flexibility index (Phi) is 3.64. The van der Waals surface area contributed by atoms with Crippen LogP contribution in [0, 0.1) is 5.41 Å². The van der Waals surface area contributed by atoms with E-state index in [0.717, 1.165) is 4.88 Å². The number of Topliss-reactive ketones (excluding diaryl/α,β-unsaturated/α-hetero) is 1. The van der Waals surface area contributed by atoms with Gasteiger partial charge in [0.25, 0.3) is 5.95 Å². The first-order chi connectivity index (χ1) is 14.9. The molecular weight excluding hydrogens is 418 g/mol. The molecule has 31 heavy (non-hydrogen) atoms. The monoisotopic (exact) mass is 435 g/mol. The molecule has 0 aromatic carbocycles. The molecule has 1 N–H and O–H groups in total. The first kappa shape index (κ1) is 18.2. The summed E-state index contributed by atoms with van der Waals surface area (Å²) in [6.07, 6.45) is 3.93. The van der Waals surface area contributed by atoms with Crippen LogP contribution in [-0.4, -0.2) is 40.1 Å². The minimum absolute atomic E-state index is 0.0723. The lowest BCUT2D eigenvalue weighted by Crippen LogP contribution is -2.33. The van der Waals surface area contributed by atoms with Crippen LogP contribution in [0.15, 0.2) is 46.3 Å². The number of aromatic amines is 1. The highest BCUT2D eigenvalue weighted by atomic mass is 32.1. The molecule has 1 aliphatic heterocycles. The summed E-state index contributed by atoms with van der Waals surface area (Å²) in [5, 5.41) is 12.4. The van der Waals surface area contributed by atoms with Crippen molar-refractivity contribution >= 4 is 22.8 Å². The number of hydrogen-bond donors (Lipinski definition) is 1. The van der Waals surface area contributed by atoms with Gasteiger partial charge in [0, 0.05) is 23.3 Å². The van der Waals surface area contributed by atoms with E-state index in [1.165, 1.54) is 21.7 Å². The van der Waals surface area contributed by atoms with E-state index < -0.39 is 5.69 Å². The van der Waals surface area contributed by atoms with Gasteiger partial charge in [-0.25, -0.2) is 19.4 Å². The third kappa shape index (κ3) is 2.69. The molecule has 1 atom stereocenters. The molecule has 10 nitrogen and oxygen atoms in total. The molecule has 0 spiro atoms. The van der Waals surface area contributed by atoms with Gasteiger partial charge in [-0.3, -0.25) is 4.79 Å². The van der Waals surface area contributed by atoms with Gasteiger partial charge in [0.15, 0.2) is 11.4 Å². The highest BCUT2D eigenvalue weighted by Gasteiger charge is 2.44. The van der Waals surface area contributed by atoms with Crippen molar-refractivity contribution in [1.82, 2.24) is 34.3 Å². The zero-order valence-electron chi connectivity index (χ0n) is 16.7. The Balaban J connectivity index is 1.62. The number of carbonyl (C=O) groups is 1. The van der Waals surface area contributed by atoms with E-state index in [1.54, 1.807) is 11.3 Å².